The van der Waals surface area contributed by atoms with Gasteiger partial charge in [0.2, 0.25) is 11.8 Å². The number of nitrogens with zero attached hydrogens (tertiary/aromatic N) is 2. The summed E-state index contributed by atoms with van der Waals surface area (Å²) in [6.07, 6.45) is 1.89. The highest BCUT2D eigenvalue weighted by Crippen LogP contribution is 2.25. The summed E-state index contributed by atoms with van der Waals surface area (Å²) in [5, 5.41) is 0. The van der Waals surface area contributed by atoms with Gasteiger partial charge in [0.05, 0.1) is 31.1 Å². The second-order valence-electron chi connectivity index (χ2n) is 10.1. The van der Waals surface area contributed by atoms with Crippen LogP contribution in [0.15, 0.2) is 72.9 Å². The van der Waals surface area contributed by atoms with Crippen LogP contribution in [0, 0.1) is 13.8 Å². The van der Waals surface area contributed by atoms with Gasteiger partial charge in [0, 0.05) is 5.56 Å². The number of aromatic nitrogens is 2. The summed E-state index contributed by atoms with van der Waals surface area (Å²) in [5.41, 5.74) is 16.7. The molecule has 3 aromatic carbocycles. The Morgan fingerprint density at radius 1 is 1.00 bits per heavy atom. The molecule has 0 spiro atoms. The van der Waals surface area contributed by atoms with Crippen LogP contribution in [-0.2, 0) is 16.0 Å². The number of rotatable bonds is 11. The molecule has 1 aromatic heterocycles. The van der Waals surface area contributed by atoms with Crippen LogP contribution in [0.4, 0.5) is 0 Å². The molecule has 0 fully saturated rings. The van der Waals surface area contributed by atoms with E-state index in [9.17, 15) is 14.4 Å². The number of ether oxygens (including phenoxy) is 2. The first-order chi connectivity index (χ1) is 20.1. The Kier molecular flexibility index (Phi) is 9.39. The van der Waals surface area contributed by atoms with Crippen molar-refractivity contribution in [3.63, 3.8) is 0 Å². The van der Waals surface area contributed by atoms with Gasteiger partial charge in [0.25, 0.3) is 0 Å². The highest BCUT2D eigenvalue weighted by molar-refractivity contribution is 5.93. The molecule has 218 valence electrons. The van der Waals surface area contributed by atoms with Gasteiger partial charge in [-0.25, -0.2) is 9.78 Å². The molecule has 1 heterocycles. The molecular formula is C32H35N5O5. The lowest BCUT2D eigenvalue weighted by molar-refractivity contribution is -0.139. The van der Waals surface area contributed by atoms with Crippen LogP contribution in [0.1, 0.15) is 56.2 Å². The van der Waals surface area contributed by atoms with Crippen LogP contribution < -0.4 is 16.2 Å². The van der Waals surface area contributed by atoms with Gasteiger partial charge in [-0.15, -0.1) is 0 Å². The molecule has 0 bridgehead atoms. The molecule has 5 N–H and O–H groups in total. The Labute approximate surface area is 244 Å². The Morgan fingerprint density at radius 2 is 1.64 bits per heavy atom. The van der Waals surface area contributed by atoms with Crippen molar-refractivity contribution in [1.82, 2.24) is 14.9 Å². The van der Waals surface area contributed by atoms with E-state index in [-0.39, 0.29) is 18.7 Å². The van der Waals surface area contributed by atoms with E-state index in [1.54, 1.807) is 49.5 Å². The van der Waals surface area contributed by atoms with Gasteiger partial charge in [-0.3, -0.25) is 14.5 Å². The first kappa shape index (κ1) is 30.0. The molecule has 2 atom stereocenters. The quantitative estimate of drug-likeness (QED) is 0.182. The molecule has 2 unspecified atom stereocenters. The summed E-state index contributed by atoms with van der Waals surface area (Å²) in [5.74, 6) is -0.761. The van der Waals surface area contributed by atoms with Crippen molar-refractivity contribution in [2.75, 3.05) is 13.8 Å². The molecule has 42 heavy (non-hydrogen) atoms. The zero-order chi connectivity index (χ0) is 30.4. The van der Waals surface area contributed by atoms with E-state index < -0.39 is 29.9 Å². The number of benzene rings is 3. The Balaban J connectivity index is 1.60. The fraction of sp³-hybridized carbons (Fsp3) is 0.250. The fourth-order valence-electron chi connectivity index (χ4n) is 4.82. The van der Waals surface area contributed by atoms with E-state index in [4.69, 9.17) is 20.9 Å². The minimum Gasteiger partial charge on any atom is -0.496 e. The molecular weight excluding hydrogens is 534 g/mol. The first-order valence-electron chi connectivity index (χ1n) is 13.5. The zero-order valence-electron chi connectivity index (χ0n) is 24.1. The third kappa shape index (κ3) is 6.67. The third-order valence-corrected chi connectivity index (χ3v) is 7.21. The maximum Gasteiger partial charge on any atom is 0.343 e. The fourth-order valence-corrected chi connectivity index (χ4v) is 4.82. The maximum atomic E-state index is 13.9. The van der Waals surface area contributed by atoms with Gasteiger partial charge in [0.15, 0.2) is 6.73 Å². The topological polar surface area (TPSA) is 154 Å². The first-order valence-corrected chi connectivity index (χ1v) is 13.5. The molecule has 0 saturated heterocycles. The number of aromatic amines is 1. The van der Waals surface area contributed by atoms with Crippen molar-refractivity contribution in [2.24, 2.45) is 11.5 Å². The number of aryl methyl sites for hydroxylation is 2. The number of esters is 1. The van der Waals surface area contributed by atoms with Crippen molar-refractivity contribution in [3.05, 3.63) is 107 Å². The summed E-state index contributed by atoms with van der Waals surface area (Å²) in [7, 11) is 1.46. The van der Waals surface area contributed by atoms with E-state index in [0.717, 1.165) is 27.9 Å². The number of nitrogens with two attached hydrogens (primary N) is 2. The molecule has 0 aliphatic carbocycles. The standard InChI is InChI=1S/C32H35N5O5/c1-19-14-23(29(34)38)15-20(2)25(19)16-26(33)31(39)37(18-42-32(40)24-12-8-9-13-28(24)41-4)21(3)30-35-17-27(36-30)22-10-6-5-7-11-22/h5-15,17,21,26H,16,18,33H2,1-4H3,(H2,34,38)(H,35,36). The van der Waals surface area contributed by atoms with Crippen molar-refractivity contribution in [2.45, 2.75) is 39.3 Å². The second-order valence-corrected chi connectivity index (χ2v) is 10.1. The van der Waals surface area contributed by atoms with Crippen molar-refractivity contribution in [1.29, 1.82) is 0 Å². The van der Waals surface area contributed by atoms with E-state index in [1.807, 2.05) is 44.2 Å². The lowest BCUT2D eigenvalue weighted by Crippen LogP contribution is -2.47. The van der Waals surface area contributed by atoms with Crippen molar-refractivity contribution in [3.8, 4) is 17.0 Å². The van der Waals surface area contributed by atoms with Gasteiger partial charge in [-0.2, -0.15) is 0 Å². The summed E-state index contributed by atoms with van der Waals surface area (Å²) < 4.78 is 10.9. The molecule has 10 heteroatoms. The van der Waals surface area contributed by atoms with Gasteiger partial charge in [0.1, 0.15) is 17.1 Å². The number of primary amides is 1. The van der Waals surface area contributed by atoms with Crippen LogP contribution >= 0.6 is 0 Å². The number of hydrogen-bond acceptors (Lipinski definition) is 7. The number of amides is 2. The monoisotopic (exact) mass is 569 g/mol. The van der Waals surface area contributed by atoms with Gasteiger partial charge in [-0.1, -0.05) is 42.5 Å². The van der Waals surface area contributed by atoms with Crippen LogP contribution in [0.3, 0.4) is 0 Å². The summed E-state index contributed by atoms with van der Waals surface area (Å²) in [6, 6.07) is 18.1. The summed E-state index contributed by atoms with van der Waals surface area (Å²) in [6.45, 7) is 5.10. The molecule has 4 aromatic rings. The second kappa shape index (κ2) is 13.1. The Bertz CT molecular complexity index is 1560. The molecule has 0 aliphatic rings. The molecule has 4 rings (SSSR count). The van der Waals surface area contributed by atoms with Crippen LogP contribution in [-0.4, -0.2) is 52.5 Å². The van der Waals surface area contributed by atoms with E-state index in [1.165, 1.54) is 12.0 Å². The van der Waals surface area contributed by atoms with E-state index in [2.05, 4.69) is 9.97 Å². The van der Waals surface area contributed by atoms with Crippen LogP contribution in [0.5, 0.6) is 5.75 Å². The molecule has 0 aliphatic heterocycles. The van der Waals surface area contributed by atoms with E-state index >= 15 is 0 Å². The number of carbonyl (C=O) groups excluding carboxylic acids is 3. The number of methoxy groups -OCH3 is 1. The van der Waals surface area contributed by atoms with Gasteiger partial charge < -0.3 is 25.9 Å². The smallest absolute Gasteiger partial charge is 0.343 e. The minimum absolute atomic E-state index is 0.201. The Morgan fingerprint density at radius 3 is 2.29 bits per heavy atom. The van der Waals surface area contributed by atoms with Gasteiger partial charge in [-0.05, 0) is 73.7 Å². The van der Waals surface area contributed by atoms with Crippen LogP contribution in [0.2, 0.25) is 0 Å². The average molecular weight is 570 g/mol. The number of hydrogen-bond donors (Lipinski definition) is 3. The molecule has 0 radical (unpaired) electrons. The summed E-state index contributed by atoms with van der Waals surface area (Å²) in [4.78, 5) is 47.7. The highest BCUT2D eigenvalue weighted by Gasteiger charge is 2.30. The average Bonchev–Trinajstić information content (AvgIpc) is 3.49. The number of carbonyl (C=O) groups is 3. The number of para-hydroxylation sites is 1. The third-order valence-electron chi connectivity index (χ3n) is 7.21. The minimum atomic E-state index is -0.974. The molecule has 0 saturated carbocycles. The number of imidazole rings is 1. The lowest BCUT2D eigenvalue weighted by atomic mass is 9.93. The number of nitrogens with one attached hydrogen (secondary N) is 1. The largest absolute Gasteiger partial charge is 0.496 e. The maximum absolute atomic E-state index is 13.9. The number of H-pyrrole nitrogens is 1. The zero-order valence-corrected chi connectivity index (χ0v) is 24.1. The van der Waals surface area contributed by atoms with Gasteiger partial charge >= 0.3 is 5.97 Å². The molecule has 2 amide bonds. The van der Waals surface area contributed by atoms with Crippen LogP contribution in [0.25, 0.3) is 11.3 Å². The SMILES string of the molecule is COc1ccccc1C(=O)OCN(C(=O)C(N)Cc1c(C)cc(C(N)=O)cc1C)C(C)c1ncc(-c2ccccc2)[nH]1. The van der Waals surface area contributed by atoms with Crippen molar-refractivity contribution >= 4 is 17.8 Å². The predicted octanol–water partition coefficient (Wildman–Crippen LogP) is 4.08. The molecule has 10 nitrogen and oxygen atoms in total. The lowest BCUT2D eigenvalue weighted by Gasteiger charge is -2.30. The normalized spacial score (nSPS) is 12.3. The predicted molar refractivity (Wildman–Crippen MR) is 159 cm³/mol. The van der Waals surface area contributed by atoms with Crippen molar-refractivity contribution < 1.29 is 23.9 Å². The highest BCUT2D eigenvalue weighted by atomic mass is 16.5. The van der Waals surface area contributed by atoms with E-state index in [0.29, 0.717) is 17.1 Å². The Hall–Kier alpha value is -4.96. The summed E-state index contributed by atoms with van der Waals surface area (Å²) >= 11 is 0.